The average Bonchev–Trinajstić information content (AvgIpc) is 2.33. The number of rotatable bonds is 2. The molecule has 1 amide bonds. The van der Waals surface area contributed by atoms with Gasteiger partial charge in [0.15, 0.2) is 0 Å². The molecule has 0 saturated heterocycles. The number of carbonyl (C=O) groups excluding carboxylic acids is 1. The van der Waals surface area contributed by atoms with Crippen molar-refractivity contribution < 1.29 is 9.18 Å². The second kappa shape index (κ2) is 4.81. The van der Waals surface area contributed by atoms with E-state index < -0.39 is 11.7 Å². The lowest BCUT2D eigenvalue weighted by molar-refractivity contribution is 0.100. The molecule has 0 aliphatic carbocycles. The summed E-state index contributed by atoms with van der Waals surface area (Å²) in [6, 6.07) is 2.56. The normalized spacial score (nSPS) is 10.4. The molecule has 0 bridgehead atoms. The van der Waals surface area contributed by atoms with Crippen molar-refractivity contribution in [2.75, 3.05) is 0 Å². The highest BCUT2D eigenvalue weighted by Gasteiger charge is 2.16. The van der Waals surface area contributed by atoms with E-state index in [1.165, 1.54) is 24.5 Å². The number of hydrogen-bond acceptors (Lipinski definition) is 3. The number of hydrogen-bond donors (Lipinski definition) is 1. The molecule has 0 radical (unpaired) electrons. The van der Waals surface area contributed by atoms with Crippen molar-refractivity contribution in [2.45, 2.75) is 6.92 Å². The third-order valence-corrected chi connectivity index (χ3v) is 2.95. The topological polar surface area (TPSA) is 68.9 Å². The van der Waals surface area contributed by atoms with E-state index >= 15 is 0 Å². The summed E-state index contributed by atoms with van der Waals surface area (Å²) in [7, 11) is 0. The number of nitrogens with two attached hydrogens (primary N) is 1. The van der Waals surface area contributed by atoms with Gasteiger partial charge >= 0.3 is 0 Å². The van der Waals surface area contributed by atoms with Crippen LogP contribution in [0, 0.1) is 12.7 Å². The van der Waals surface area contributed by atoms with Gasteiger partial charge < -0.3 is 5.73 Å². The van der Waals surface area contributed by atoms with E-state index in [0.29, 0.717) is 21.4 Å². The molecule has 2 aromatic rings. The van der Waals surface area contributed by atoms with Crippen molar-refractivity contribution in [2.24, 2.45) is 5.73 Å². The van der Waals surface area contributed by atoms with Crippen LogP contribution >= 0.6 is 15.9 Å². The van der Waals surface area contributed by atoms with Crippen molar-refractivity contribution in [1.82, 2.24) is 9.97 Å². The fourth-order valence-corrected chi connectivity index (χ4v) is 1.87. The summed E-state index contributed by atoms with van der Waals surface area (Å²) in [6.45, 7) is 1.57. The molecule has 1 aromatic carbocycles. The Bertz CT molecular complexity index is 613. The second-order valence-corrected chi connectivity index (χ2v) is 4.50. The first-order valence-electron chi connectivity index (χ1n) is 5.07. The Morgan fingerprint density at radius 3 is 2.61 bits per heavy atom. The SMILES string of the molecule is Cc1c(F)ccc(C(N)=O)c1-c1cnc(Br)cn1. The van der Waals surface area contributed by atoms with Crippen molar-refractivity contribution in [3.8, 4) is 11.3 Å². The molecule has 0 saturated carbocycles. The van der Waals surface area contributed by atoms with E-state index in [1.807, 2.05) is 0 Å². The number of amides is 1. The Balaban J connectivity index is 2.71. The molecule has 2 N–H and O–H groups in total. The summed E-state index contributed by atoms with van der Waals surface area (Å²) in [5, 5.41) is 0. The van der Waals surface area contributed by atoms with Gasteiger partial charge in [0.1, 0.15) is 10.4 Å². The van der Waals surface area contributed by atoms with Crippen LogP contribution in [0.2, 0.25) is 0 Å². The van der Waals surface area contributed by atoms with E-state index in [0.717, 1.165) is 0 Å². The average molecular weight is 310 g/mol. The molecule has 0 fully saturated rings. The summed E-state index contributed by atoms with van der Waals surface area (Å²) in [5.74, 6) is -1.04. The van der Waals surface area contributed by atoms with Gasteiger partial charge in [0.25, 0.3) is 0 Å². The van der Waals surface area contributed by atoms with Gasteiger partial charge in [0.2, 0.25) is 5.91 Å². The molecule has 0 aliphatic rings. The van der Waals surface area contributed by atoms with Gasteiger partial charge in [-0.1, -0.05) is 0 Å². The number of halogens is 2. The van der Waals surface area contributed by atoms with Gasteiger partial charge in [0, 0.05) is 11.1 Å². The Hall–Kier alpha value is -1.82. The van der Waals surface area contributed by atoms with E-state index in [2.05, 4.69) is 25.9 Å². The van der Waals surface area contributed by atoms with Gasteiger partial charge in [-0.2, -0.15) is 0 Å². The zero-order valence-electron chi connectivity index (χ0n) is 9.45. The standard InChI is InChI=1S/C12H9BrFN3O/c1-6-8(14)3-2-7(12(15)18)11(6)9-4-17-10(13)5-16-9/h2-5H,1H3,(H2,15,18). The molecule has 0 spiro atoms. The third kappa shape index (κ3) is 2.24. The van der Waals surface area contributed by atoms with Gasteiger partial charge in [-0.25, -0.2) is 9.37 Å². The van der Waals surface area contributed by atoms with Crippen molar-refractivity contribution in [3.63, 3.8) is 0 Å². The fourth-order valence-electron chi connectivity index (χ4n) is 1.66. The number of nitrogens with zero attached hydrogens (tertiary/aromatic N) is 2. The number of carbonyl (C=O) groups is 1. The van der Waals surface area contributed by atoms with Crippen LogP contribution in [0.1, 0.15) is 15.9 Å². The molecule has 0 atom stereocenters. The molecular weight excluding hydrogens is 301 g/mol. The fraction of sp³-hybridized carbons (Fsp3) is 0.0833. The first-order valence-corrected chi connectivity index (χ1v) is 5.87. The largest absolute Gasteiger partial charge is 0.366 e. The molecule has 92 valence electrons. The molecule has 0 aliphatic heterocycles. The lowest BCUT2D eigenvalue weighted by atomic mass is 9.98. The Labute approximate surface area is 111 Å². The monoisotopic (exact) mass is 309 g/mol. The Morgan fingerprint density at radius 1 is 1.33 bits per heavy atom. The Morgan fingerprint density at radius 2 is 2.06 bits per heavy atom. The van der Waals surface area contributed by atoms with Crippen LogP contribution in [0.4, 0.5) is 4.39 Å². The highest BCUT2D eigenvalue weighted by molar-refractivity contribution is 9.10. The maximum Gasteiger partial charge on any atom is 0.249 e. The van der Waals surface area contributed by atoms with Crippen LogP contribution < -0.4 is 5.73 Å². The predicted octanol–water partition coefficient (Wildman–Crippen LogP) is 2.45. The summed E-state index contributed by atoms with van der Waals surface area (Å²) >= 11 is 3.16. The smallest absolute Gasteiger partial charge is 0.249 e. The molecule has 2 rings (SSSR count). The highest BCUT2D eigenvalue weighted by atomic mass is 79.9. The molecule has 1 aromatic heterocycles. The van der Waals surface area contributed by atoms with Crippen molar-refractivity contribution in [1.29, 1.82) is 0 Å². The van der Waals surface area contributed by atoms with Crippen LogP contribution in [-0.4, -0.2) is 15.9 Å². The zero-order valence-corrected chi connectivity index (χ0v) is 11.0. The second-order valence-electron chi connectivity index (χ2n) is 3.68. The van der Waals surface area contributed by atoms with Crippen LogP contribution in [-0.2, 0) is 0 Å². The predicted molar refractivity (Wildman–Crippen MR) is 68.4 cm³/mol. The number of benzene rings is 1. The lowest BCUT2D eigenvalue weighted by Gasteiger charge is -2.10. The first kappa shape index (κ1) is 12.6. The summed E-state index contributed by atoms with van der Waals surface area (Å²) in [6.07, 6.45) is 2.93. The van der Waals surface area contributed by atoms with Crippen LogP contribution in [0.5, 0.6) is 0 Å². The van der Waals surface area contributed by atoms with E-state index in [9.17, 15) is 9.18 Å². The first-order chi connectivity index (χ1) is 8.50. The molecule has 0 unspecified atom stereocenters. The molecule has 18 heavy (non-hydrogen) atoms. The number of primary amides is 1. The third-order valence-electron chi connectivity index (χ3n) is 2.54. The van der Waals surface area contributed by atoms with Crippen molar-refractivity contribution >= 4 is 21.8 Å². The van der Waals surface area contributed by atoms with Gasteiger partial charge in [-0.15, -0.1) is 0 Å². The van der Waals surface area contributed by atoms with E-state index in [4.69, 9.17) is 5.73 Å². The minimum absolute atomic E-state index is 0.227. The van der Waals surface area contributed by atoms with E-state index in [1.54, 1.807) is 6.92 Å². The highest BCUT2D eigenvalue weighted by Crippen LogP contribution is 2.27. The van der Waals surface area contributed by atoms with Gasteiger partial charge in [0.05, 0.1) is 18.1 Å². The minimum atomic E-state index is -0.627. The minimum Gasteiger partial charge on any atom is -0.366 e. The molecule has 4 nitrogen and oxygen atoms in total. The van der Waals surface area contributed by atoms with Gasteiger partial charge in [-0.3, -0.25) is 9.78 Å². The number of aromatic nitrogens is 2. The van der Waals surface area contributed by atoms with Crippen molar-refractivity contribution in [3.05, 3.63) is 46.1 Å². The quantitative estimate of drug-likeness (QED) is 0.926. The van der Waals surface area contributed by atoms with Crippen LogP contribution in [0.3, 0.4) is 0 Å². The van der Waals surface area contributed by atoms with Gasteiger partial charge in [-0.05, 0) is 40.5 Å². The zero-order chi connectivity index (χ0) is 13.3. The summed E-state index contributed by atoms with van der Waals surface area (Å²) in [4.78, 5) is 19.5. The maximum absolute atomic E-state index is 13.6. The summed E-state index contributed by atoms with van der Waals surface area (Å²) < 4.78 is 14.1. The maximum atomic E-state index is 13.6. The molecule has 6 heteroatoms. The molecular formula is C12H9BrFN3O. The molecule has 1 heterocycles. The van der Waals surface area contributed by atoms with Crippen LogP contribution in [0.25, 0.3) is 11.3 Å². The van der Waals surface area contributed by atoms with Crippen LogP contribution in [0.15, 0.2) is 29.1 Å². The Kier molecular flexibility index (Phi) is 3.38. The van der Waals surface area contributed by atoms with E-state index in [-0.39, 0.29) is 5.56 Å². The summed E-state index contributed by atoms with van der Waals surface area (Å²) in [5.41, 5.74) is 6.62. The lowest BCUT2D eigenvalue weighted by Crippen LogP contribution is -2.14.